The number of carboxylic acids is 1. The molecule has 2 amide bonds. The standard InChI is InChI=1S/C15H18N2O4/c1-2-17-12-5-4-11(9-10(12)3-7-14(17)19)16-13(18)6-8-15(20)21/h4-5,9H,2-3,6-8H2,1H3,(H,16,18)(H,20,21). The predicted molar refractivity (Wildman–Crippen MR) is 78.3 cm³/mol. The zero-order valence-electron chi connectivity index (χ0n) is 11.9. The second-order valence-electron chi connectivity index (χ2n) is 4.92. The normalized spacial score (nSPS) is 13.8. The summed E-state index contributed by atoms with van der Waals surface area (Å²) in [6.45, 7) is 2.55. The van der Waals surface area contributed by atoms with Crippen molar-refractivity contribution in [2.45, 2.75) is 32.6 Å². The summed E-state index contributed by atoms with van der Waals surface area (Å²) in [7, 11) is 0. The summed E-state index contributed by atoms with van der Waals surface area (Å²) in [4.78, 5) is 35.6. The Hall–Kier alpha value is -2.37. The maximum Gasteiger partial charge on any atom is 0.303 e. The van der Waals surface area contributed by atoms with Crippen LogP contribution >= 0.6 is 0 Å². The number of nitrogens with zero attached hydrogens (tertiary/aromatic N) is 1. The predicted octanol–water partition coefficient (Wildman–Crippen LogP) is 1.79. The lowest BCUT2D eigenvalue weighted by Crippen LogP contribution is -2.34. The molecular weight excluding hydrogens is 272 g/mol. The molecule has 0 fully saturated rings. The number of rotatable bonds is 5. The highest BCUT2D eigenvalue weighted by atomic mass is 16.4. The summed E-state index contributed by atoms with van der Waals surface area (Å²) in [5.74, 6) is -1.20. The Balaban J connectivity index is 2.09. The maximum atomic E-state index is 11.8. The van der Waals surface area contributed by atoms with Crippen LogP contribution in [0.4, 0.5) is 11.4 Å². The number of carboxylic acid groups (broad SMARTS) is 1. The van der Waals surface area contributed by atoms with Gasteiger partial charge in [-0.25, -0.2) is 0 Å². The topological polar surface area (TPSA) is 86.7 Å². The van der Waals surface area contributed by atoms with E-state index in [-0.39, 0.29) is 24.7 Å². The highest BCUT2D eigenvalue weighted by Gasteiger charge is 2.22. The highest BCUT2D eigenvalue weighted by molar-refractivity contribution is 5.97. The minimum Gasteiger partial charge on any atom is -0.481 e. The second-order valence-corrected chi connectivity index (χ2v) is 4.92. The third-order valence-electron chi connectivity index (χ3n) is 3.45. The minimum atomic E-state index is -0.993. The lowest BCUT2D eigenvalue weighted by Gasteiger charge is -2.28. The Morgan fingerprint density at radius 2 is 2.05 bits per heavy atom. The molecule has 1 heterocycles. The van der Waals surface area contributed by atoms with E-state index in [4.69, 9.17) is 5.11 Å². The number of amides is 2. The number of nitrogens with one attached hydrogen (secondary N) is 1. The average molecular weight is 290 g/mol. The fourth-order valence-corrected chi connectivity index (χ4v) is 2.43. The van der Waals surface area contributed by atoms with Crippen LogP contribution in [-0.2, 0) is 20.8 Å². The lowest BCUT2D eigenvalue weighted by molar-refractivity contribution is -0.138. The molecule has 0 atom stereocenters. The van der Waals surface area contributed by atoms with Crippen molar-refractivity contribution in [1.29, 1.82) is 0 Å². The van der Waals surface area contributed by atoms with Crippen molar-refractivity contribution in [2.75, 3.05) is 16.8 Å². The van der Waals surface area contributed by atoms with Gasteiger partial charge in [0.05, 0.1) is 6.42 Å². The molecule has 0 saturated carbocycles. The Labute approximate surface area is 122 Å². The molecule has 6 nitrogen and oxygen atoms in total. The second kappa shape index (κ2) is 6.39. The number of fused-ring (bicyclic) bond motifs is 1. The third-order valence-corrected chi connectivity index (χ3v) is 3.45. The van der Waals surface area contributed by atoms with Gasteiger partial charge >= 0.3 is 5.97 Å². The van der Waals surface area contributed by atoms with Gasteiger partial charge in [-0.05, 0) is 37.1 Å². The van der Waals surface area contributed by atoms with Crippen molar-refractivity contribution < 1.29 is 19.5 Å². The number of hydrogen-bond donors (Lipinski definition) is 2. The molecule has 0 aliphatic carbocycles. The van der Waals surface area contributed by atoms with E-state index in [0.29, 0.717) is 25.1 Å². The van der Waals surface area contributed by atoms with E-state index in [2.05, 4.69) is 5.32 Å². The Morgan fingerprint density at radius 1 is 1.29 bits per heavy atom. The van der Waals surface area contributed by atoms with Gasteiger partial charge < -0.3 is 15.3 Å². The first-order valence-corrected chi connectivity index (χ1v) is 6.96. The van der Waals surface area contributed by atoms with E-state index in [1.807, 2.05) is 19.1 Å². The number of benzene rings is 1. The van der Waals surface area contributed by atoms with Gasteiger partial charge in [0.15, 0.2) is 0 Å². The van der Waals surface area contributed by atoms with Gasteiger partial charge in [0.2, 0.25) is 11.8 Å². The van der Waals surface area contributed by atoms with E-state index in [0.717, 1.165) is 11.3 Å². The Kier molecular flexibility index (Phi) is 4.57. The van der Waals surface area contributed by atoms with Gasteiger partial charge in [0.1, 0.15) is 0 Å². The van der Waals surface area contributed by atoms with Gasteiger partial charge in [0, 0.05) is 30.8 Å². The molecule has 2 N–H and O–H groups in total. The molecule has 1 aliphatic heterocycles. The SMILES string of the molecule is CCN1C(=O)CCc2cc(NC(=O)CCC(=O)O)ccc21. The molecule has 1 aromatic rings. The molecule has 1 aromatic carbocycles. The number of aliphatic carboxylic acids is 1. The van der Waals surface area contributed by atoms with Crippen molar-refractivity contribution in [3.8, 4) is 0 Å². The molecule has 112 valence electrons. The fourth-order valence-electron chi connectivity index (χ4n) is 2.43. The number of carbonyl (C=O) groups excluding carboxylic acids is 2. The molecule has 21 heavy (non-hydrogen) atoms. The smallest absolute Gasteiger partial charge is 0.303 e. The lowest BCUT2D eigenvalue weighted by atomic mass is 10.0. The zero-order valence-corrected chi connectivity index (χ0v) is 11.9. The van der Waals surface area contributed by atoms with E-state index < -0.39 is 5.97 Å². The summed E-state index contributed by atoms with van der Waals surface area (Å²) < 4.78 is 0. The first kappa shape index (κ1) is 15.0. The van der Waals surface area contributed by atoms with Crippen LogP contribution in [-0.4, -0.2) is 29.4 Å². The fraction of sp³-hybridized carbons (Fsp3) is 0.400. The Morgan fingerprint density at radius 3 is 2.71 bits per heavy atom. The summed E-state index contributed by atoms with van der Waals surface area (Å²) in [6.07, 6.45) is 0.891. The Bertz CT molecular complexity index is 583. The molecule has 0 radical (unpaired) electrons. The van der Waals surface area contributed by atoms with Crippen LogP contribution in [0.2, 0.25) is 0 Å². The molecule has 0 aromatic heterocycles. The summed E-state index contributed by atoms with van der Waals surface area (Å²) in [5, 5.41) is 11.2. The van der Waals surface area contributed by atoms with Crippen LogP contribution < -0.4 is 10.2 Å². The number of carbonyl (C=O) groups is 3. The molecule has 2 rings (SSSR count). The quantitative estimate of drug-likeness (QED) is 0.865. The van der Waals surface area contributed by atoms with Crippen LogP contribution in [0.25, 0.3) is 0 Å². The zero-order chi connectivity index (χ0) is 15.4. The largest absolute Gasteiger partial charge is 0.481 e. The maximum absolute atomic E-state index is 11.8. The molecule has 0 bridgehead atoms. The van der Waals surface area contributed by atoms with Crippen LogP contribution in [0.1, 0.15) is 31.7 Å². The first-order valence-electron chi connectivity index (χ1n) is 6.96. The molecular formula is C15H18N2O4. The number of aryl methyl sites for hydroxylation is 1. The number of anilines is 2. The molecule has 6 heteroatoms. The van der Waals surface area contributed by atoms with E-state index in [1.54, 1.807) is 11.0 Å². The average Bonchev–Trinajstić information content (AvgIpc) is 2.45. The van der Waals surface area contributed by atoms with E-state index in [1.165, 1.54) is 0 Å². The molecule has 1 aliphatic rings. The molecule has 0 spiro atoms. The van der Waals surface area contributed by atoms with Crippen molar-refractivity contribution in [3.63, 3.8) is 0 Å². The van der Waals surface area contributed by atoms with Gasteiger partial charge in [-0.1, -0.05) is 0 Å². The van der Waals surface area contributed by atoms with E-state index in [9.17, 15) is 14.4 Å². The van der Waals surface area contributed by atoms with Crippen molar-refractivity contribution in [3.05, 3.63) is 23.8 Å². The monoisotopic (exact) mass is 290 g/mol. The summed E-state index contributed by atoms with van der Waals surface area (Å²) in [6, 6.07) is 5.41. The molecule has 0 saturated heterocycles. The highest BCUT2D eigenvalue weighted by Crippen LogP contribution is 2.30. The third kappa shape index (κ3) is 3.59. The summed E-state index contributed by atoms with van der Waals surface area (Å²) >= 11 is 0. The molecule has 0 unspecified atom stereocenters. The van der Waals surface area contributed by atoms with Crippen LogP contribution in [0.3, 0.4) is 0 Å². The van der Waals surface area contributed by atoms with Gasteiger partial charge in [-0.2, -0.15) is 0 Å². The van der Waals surface area contributed by atoms with Crippen molar-refractivity contribution in [1.82, 2.24) is 0 Å². The van der Waals surface area contributed by atoms with Gasteiger partial charge in [-0.3, -0.25) is 14.4 Å². The first-order chi connectivity index (χ1) is 10.0. The number of hydrogen-bond acceptors (Lipinski definition) is 3. The minimum absolute atomic E-state index is 0.0496. The van der Waals surface area contributed by atoms with Gasteiger partial charge in [-0.15, -0.1) is 0 Å². The van der Waals surface area contributed by atoms with Gasteiger partial charge in [0.25, 0.3) is 0 Å². The van der Waals surface area contributed by atoms with Crippen molar-refractivity contribution >= 4 is 29.2 Å². The summed E-state index contributed by atoms with van der Waals surface area (Å²) in [5.41, 5.74) is 2.54. The van der Waals surface area contributed by atoms with Crippen LogP contribution in [0, 0.1) is 0 Å². The van der Waals surface area contributed by atoms with Crippen molar-refractivity contribution in [2.24, 2.45) is 0 Å². The van der Waals surface area contributed by atoms with Crippen LogP contribution in [0.15, 0.2) is 18.2 Å². The van der Waals surface area contributed by atoms with Crippen LogP contribution in [0.5, 0.6) is 0 Å². The van der Waals surface area contributed by atoms with E-state index >= 15 is 0 Å².